The molecule has 3 heteroatoms. The van der Waals surface area contributed by atoms with Gasteiger partial charge in [-0.2, -0.15) is 0 Å². The maximum Gasteiger partial charge on any atom is 0.313 e. The van der Waals surface area contributed by atoms with Crippen molar-refractivity contribution in [3.8, 4) is 0 Å². The Hall–Kier alpha value is -0.570. The molecular formula is C12H22O3. The Kier molecular flexibility index (Phi) is 4.58. The molecule has 1 saturated carbocycles. The molecule has 1 rings (SSSR count). The zero-order valence-electron chi connectivity index (χ0n) is 10.0. The molecule has 0 radical (unpaired) electrons. The molecule has 0 saturated heterocycles. The van der Waals surface area contributed by atoms with Gasteiger partial charge in [0.05, 0.1) is 11.5 Å². The first-order chi connectivity index (χ1) is 7.06. The summed E-state index contributed by atoms with van der Waals surface area (Å²) < 4.78 is 10.6. The highest BCUT2D eigenvalue weighted by atomic mass is 16.7. The molecule has 0 aromatic carbocycles. The zero-order chi connectivity index (χ0) is 11.3. The lowest BCUT2D eigenvalue weighted by molar-refractivity contribution is -0.170. The van der Waals surface area contributed by atoms with Crippen molar-refractivity contribution in [2.24, 2.45) is 5.41 Å². The minimum Gasteiger partial charge on any atom is -0.438 e. The normalized spacial score (nSPS) is 18.1. The first-order valence-electron chi connectivity index (χ1n) is 5.85. The van der Waals surface area contributed by atoms with E-state index in [0.29, 0.717) is 6.10 Å². The Labute approximate surface area is 92.1 Å². The third-order valence-electron chi connectivity index (χ3n) is 3.23. The van der Waals surface area contributed by atoms with Crippen LogP contribution in [0.15, 0.2) is 0 Å². The van der Waals surface area contributed by atoms with Gasteiger partial charge in [-0.15, -0.1) is 0 Å². The second-order valence-corrected chi connectivity index (χ2v) is 4.86. The van der Waals surface area contributed by atoms with Crippen LogP contribution in [0, 0.1) is 5.41 Å². The third-order valence-corrected chi connectivity index (χ3v) is 3.23. The highest BCUT2D eigenvalue weighted by Gasteiger charge is 2.27. The second kappa shape index (κ2) is 5.50. The number of ether oxygens (including phenoxy) is 2. The standard InChI is InChI=1S/C12H22O3/c1-4-12(2,3)11(13)15-9-14-10-7-5-6-8-10/h10H,4-9H2,1-3H3. The quantitative estimate of drug-likeness (QED) is 0.521. The number of rotatable bonds is 5. The maximum absolute atomic E-state index is 11.6. The van der Waals surface area contributed by atoms with Gasteiger partial charge in [0.2, 0.25) is 0 Å². The lowest BCUT2D eigenvalue weighted by Gasteiger charge is -2.21. The van der Waals surface area contributed by atoms with E-state index in [1.165, 1.54) is 12.8 Å². The first kappa shape index (κ1) is 12.5. The van der Waals surface area contributed by atoms with Gasteiger partial charge in [-0.1, -0.05) is 19.8 Å². The van der Waals surface area contributed by atoms with Crippen LogP contribution in [-0.2, 0) is 14.3 Å². The summed E-state index contributed by atoms with van der Waals surface area (Å²) in [6, 6.07) is 0. The predicted molar refractivity (Wildman–Crippen MR) is 58.4 cm³/mol. The molecule has 0 unspecified atom stereocenters. The molecule has 1 fully saturated rings. The van der Waals surface area contributed by atoms with Crippen LogP contribution in [-0.4, -0.2) is 18.9 Å². The van der Waals surface area contributed by atoms with Crippen LogP contribution in [0.1, 0.15) is 52.9 Å². The van der Waals surface area contributed by atoms with Crippen molar-refractivity contribution in [2.45, 2.75) is 59.0 Å². The highest BCUT2D eigenvalue weighted by Crippen LogP contribution is 2.23. The van der Waals surface area contributed by atoms with E-state index in [1.807, 2.05) is 20.8 Å². The number of carbonyl (C=O) groups excluding carboxylic acids is 1. The van der Waals surface area contributed by atoms with Crippen LogP contribution >= 0.6 is 0 Å². The van der Waals surface area contributed by atoms with Crippen molar-refractivity contribution < 1.29 is 14.3 Å². The third kappa shape index (κ3) is 3.82. The van der Waals surface area contributed by atoms with E-state index in [9.17, 15) is 4.79 Å². The first-order valence-corrected chi connectivity index (χ1v) is 5.85. The summed E-state index contributed by atoms with van der Waals surface area (Å²) in [5.74, 6) is -0.164. The number of carbonyl (C=O) groups is 1. The minimum atomic E-state index is -0.390. The summed E-state index contributed by atoms with van der Waals surface area (Å²) in [5, 5.41) is 0. The lowest BCUT2D eigenvalue weighted by Crippen LogP contribution is -2.27. The van der Waals surface area contributed by atoms with Crippen LogP contribution in [0.2, 0.25) is 0 Å². The van der Waals surface area contributed by atoms with Gasteiger partial charge in [0.25, 0.3) is 0 Å². The summed E-state index contributed by atoms with van der Waals surface area (Å²) in [5.41, 5.74) is -0.390. The second-order valence-electron chi connectivity index (χ2n) is 4.86. The molecule has 0 heterocycles. The SMILES string of the molecule is CCC(C)(C)C(=O)OCOC1CCCC1. The van der Waals surface area contributed by atoms with Crippen molar-refractivity contribution in [2.75, 3.05) is 6.79 Å². The van der Waals surface area contributed by atoms with Crippen LogP contribution in [0.25, 0.3) is 0 Å². The van der Waals surface area contributed by atoms with Gasteiger partial charge >= 0.3 is 5.97 Å². The van der Waals surface area contributed by atoms with E-state index in [-0.39, 0.29) is 18.2 Å². The molecule has 1 aliphatic rings. The number of esters is 1. The number of hydrogen-bond donors (Lipinski definition) is 0. The molecule has 0 amide bonds. The molecule has 15 heavy (non-hydrogen) atoms. The van der Waals surface area contributed by atoms with Gasteiger partial charge in [-0.3, -0.25) is 4.79 Å². The van der Waals surface area contributed by atoms with E-state index < -0.39 is 0 Å². The van der Waals surface area contributed by atoms with Gasteiger partial charge in [0.15, 0.2) is 6.79 Å². The molecule has 88 valence electrons. The predicted octanol–water partition coefficient (Wildman–Crippen LogP) is 2.88. The van der Waals surface area contributed by atoms with Gasteiger partial charge in [-0.25, -0.2) is 0 Å². The monoisotopic (exact) mass is 214 g/mol. The van der Waals surface area contributed by atoms with Gasteiger partial charge in [0.1, 0.15) is 0 Å². The van der Waals surface area contributed by atoms with E-state index in [0.717, 1.165) is 19.3 Å². The van der Waals surface area contributed by atoms with Crippen LogP contribution < -0.4 is 0 Å². The Morgan fingerprint density at radius 3 is 2.47 bits per heavy atom. The minimum absolute atomic E-state index is 0.118. The lowest BCUT2D eigenvalue weighted by atomic mass is 9.91. The Balaban J connectivity index is 2.16. The average Bonchev–Trinajstić information content (AvgIpc) is 2.70. The maximum atomic E-state index is 11.6. The largest absolute Gasteiger partial charge is 0.438 e. The van der Waals surface area contributed by atoms with Crippen LogP contribution in [0.5, 0.6) is 0 Å². The van der Waals surface area contributed by atoms with E-state index >= 15 is 0 Å². The summed E-state index contributed by atoms with van der Waals surface area (Å²) in [6.45, 7) is 5.89. The molecule has 0 spiro atoms. The summed E-state index contributed by atoms with van der Waals surface area (Å²) in [7, 11) is 0. The van der Waals surface area contributed by atoms with Crippen molar-refractivity contribution in [1.29, 1.82) is 0 Å². The molecule has 0 bridgehead atoms. The average molecular weight is 214 g/mol. The summed E-state index contributed by atoms with van der Waals surface area (Å²) in [6.07, 6.45) is 5.78. The Bertz CT molecular complexity index is 205. The highest BCUT2D eigenvalue weighted by molar-refractivity contribution is 5.75. The molecule has 0 aromatic heterocycles. The van der Waals surface area contributed by atoms with Crippen molar-refractivity contribution >= 4 is 5.97 Å². The van der Waals surface area contributed by atoms with Gasteiger partial charge in [-0.05, 0) is 33.1 Å². The molecule has 3 nitrogen and oxygen atoms in total. The smallest absolute Gasteiger partial charge is 0.313 e. The van der Waals surface area contributed by atoms with Crippen molar-refractivity contribution in [3.05, 3.63) is 0 Å². The topological polar surface area (TPSA) is 35.5 Å². The molecule has 1 aliphatic carbocycles. The van der Waals surface area contributed by atoms with Gasteiger partial charge in [0, 0.05) is 0 Å². The van der Waals surface area contributed by atoms with Crippen molar-refractivity contribution in [3.63, 3.8) is 0 Å². The van der Waals surface area contributed by atoms with E-state index in [1.54, 1.807) is 0 Å². The molecule has 0 atom stereocenters. The molecule has 0 aliphatic heterocycles. The summed E-state index contributed by atoms with van der Waals surface area (Å²) in [4.78, 5) is 11.6. The zero-order valence-corrected chi connectivity index (χ0v) is 10.0. The molecule has 0 N–H and O–H groups in total. The van der Waals surface area contributed by atoms with Crippen LogP contribution in [0.3, 0.4) is 0 Å². The fraction of sp³-hybridized carbons (Fsp3) is 0.917. The Morgan fingerprint density at radius 2 is 1.93 bits per heavy atom. The molecular weight excluding hydrogens is 192 g/mol. The van der Waals surface area contributed by atoms with E-state index in [2.05, 4.69) is 0 Å². The summed E-state index contributed by atoms with van der Waals surface area (Å²) >= 11 is 0. The van der Waals surface area contributed by atoms with Crippen molar-refractivity contribution in [1.82, 2.24) is 0 Å². The fourth-order valence-electron chi connectivity index (χ4n) is 1.58. The fourth-order valence-corrected chi connectivity index (χ4v) is 1.58. The molecule has 0 aromatic rings. The number of hydrogen-bond acceptors (Lipinski definition) is 3. The van der Waals surface area contributed by atoms with E-state index in [4.69, 9.17) is 9.47 Å². The van der Waals surface area contributed by atoms with Gasteiger partial charge < -0.3 is 9.47 Å². The Morgan fingerprint density at radius 1 is 1.33 bits per heavy atom. The van der Waals surface area contributed by atoms with Crippen LogP contribution in [0.4, 0.5) is 0 Å².